The summed E-state index contributed by atoms with van der Waals surface area (Å²) >= 11 is 0. The number of carboxylic acids is 1. The van der Waals surface area contributed by atoms with E-state index in [2.05, 4.69) is 0 Å². The second-order valence-electron chi connectivity index (χ2n) is 7.11. The molecule has 0 saturated carbocycles. The molecule has 7 nitrogen and oxygen atoms in total. The minimum Gasteiger partial charge on any atom is -0.494 e. The topological polar surface area (TPSA) is 85.3 Å². The fourth-order valence-corrected chi connectivity index (χ4v) is 3.86. The molecule has 148 valence electrons. The summed E-state index contributed by atoms with van der Waals surface area (Å²) in [5.41, 5.74) is -0.841. The fraction of sp³-hybridized carbons (Fsp3) is 0.600. The summed E-state index contributed by atoms with van der Waals surface area (Å²) in [5, 5.41) is 9.67. The van der Waals surface area contributed by atoms with E-state index in [1.165, 1.54) is 0 Å². The number of nitrogens with zero attached hydrogens (tertiary/aromatic N) is 1. The molecule has 27 heavy (non-hydrogen) atoms. The van der Waals surface area contributed by atoms with E-state index in [4.69, 9.17) is 14.2 Å². The summed E-state index contributed by atoms with van der Waals surface area (Å²) in [5.74, 6) is 0.588. The van der Waals surface area contributed by atoms with Crippen molar-refractivity contribution >= 4 is 11.9 Å². The van der Waals surface area contributed by atoms with Gasteiger partial charge in [0.2, 0.25) is 5.91 Å². The Morgan fingerprint density at radius 2 is 1.96 bits per heavy atom. The van der Waals surface area contributed by atoms with Crippen LogP contribution < -0.4 is 9.47 Å². The van der Waals surface area contributed by atoms with Gasteiger partial charge in [-0.25, -0.2) is 0 Å². The Labute approximate surface area is 159 Å². The van der Waals surface area contributed by atoms with Crippen molar-refractivity contribution in [1.29, 1.82) is 0 Å². The zero-order chi connectivity index (χ0) is 19.3. The van der Waals surface area contributed by atoms with Crippen LogP contribution in [0.3, 0.4) is 0 Å². The lowest BCUT2D eigenvalue weighted by Gasteiger charge is -2.33. The number of rotatable bonds is 8. The molecular weight excluding hydrogens is 350 g/mol. The Bertz CT molecular complexity index is 661. The largest absolute Gasteiger partial charge is 0.494 e. The number of hydrogen-bond acceptors (Lipinski definition) is 5. The van der Waals surface area contributed by atoms with E-state index in [1.54, 1.807) is 4.90 Å². The normalized spacial score (nSPS) is 24.3. The van der Waals surface area contributed by atoms with Gasteiger partial charge in [-0.1, -0.05) is 0 Å². The molecule has 0 radical (unpaired) electrons. The lowest BCUT2D eigenvalue weighted by molar-refractivity contribution is -0.157. The van der Waals surface area contributed by atoms with Crippen LogP contribution in [-0.2, 0) is 14.3 Å². The second kappa shape index (κ2) is 8.61. The minimum absolute atomic E-state index is 0.0136. The molecule has 2 aliphatic heterocycles. The van der Waals surface area contributed by atoms with Crippen LogP contribution >= 0.6 is 0 Å². The molecule has 7 heteroatoms. The maximum atomic E-state index is 12.5. The Kier molecular flexibility index (Phi) is 6.21. The van der Waals surface area contributed by atoms with E-state index < -0.39 is 11.4 Å². The Balaban J connectivity index is 1.44. The Morgan fingerprint density at radius 3 is 2.59 bits per heavy atom. The lowest BCUT2D eigenvalue weighted by atomic mass is 9.74. The number of fused-ring (bicyclic) bond motifs is 1. The van der Waals surface area contributed by atoms with Gasteiger partial charge in [-0.05, 0) is 44.0 Å². The van der Waals surface area contributed by atoms with Crippen molar-refractivity contribution in [2.45, 2.75) is 26.2 Å². The van der Waals surface area contributed by atoms with Crippen molar-refractivity contribution in [2.24, 2.45) is 11.3 Å². The predicted octanol–water partition coefficient (Wildman–Crippen LogP) is 2.19. The number of carbonyl (C=O) groups is 2. The zero-order valence-corrected chi connectivity index (χ0v) is 15.7. The van der Waals surface area contributed by atoms with Gasteiger partial charge in [0.25, 0.3) is 0 Å². The van der Waals surface area contributed by atoms with Gasteiger partial charge >= 0.3 is 5.97 Å². The number of amides is 1. The van der Waals surface area contributed by atoms with Crippen molar-refractivity contribution in [1.82, 2.24) is 4.90 Å². The van der Waals surface area contributed by atoms with E-state index in [-0.39, 0.29) is 18.4 Å². The van der Waals surface area contributed by atoms with Gasteiger partial charge < -0.3 is 24.2 Å². The Hall–Kier alpha value is -2.28. The number of benzene rings is 1. The first kappa shape index (κ1) is 19.5. The average Bonchev–Trinajstić information content (AvgIpc) is 3.08. The highest BCUT2D eigenvalue weighted by Gasteiger charge is 2.54. The Morgan fingerprint density at radius 1 is 1.26 bits per heavy atom. The highest BCUT2D eigenvalue weighted by atomic mass is 16.5. The number of ether oxygens (including phenoxy) is 3. The third-order valence-corrected chi connectivity index (χ3v) is 5.42. The average molecular weight is 377 g/mol. The van der Waals surface area contributed by atoms with Crippen LogP contribution in [0.4, 0.5) is 0 Å². The molecule has 0 aromatic heterocycles. The molecule has 0 bridgehead atoms. The number of aliphatic carboxylic acids is 1. The van der Waals surface area contributed by atoms with Crippen LogP contribution in [0.15, 0.2) is 24.3 Å². The smallest absolute Gasteiger partial charge is 0.311 e. The molecule has 1 N–H and O–H groups in total. The van der Waals surface area contributed by atoms with E-state index in [0.717, 1.165) is 11.5 Å². The SMILES string of the molecule is CCOc1ccc(OCCCC(=O)N2C[C@H]3COCC[C@@]3(C(=O)O)C2)cc1. The molecule has 2 fully saturated rings. The van der Waals surface area contributed by atoms with Crippen LogP contribution in [0.5, 0.6) is 11.5 Å². The maximum absolute atomic E-state index is 12.5. The molecule has 1 amide bonds. The van der Waals surface area contributed by atoms with E-state index in [1.807, 2.05) is 31.2 Å². The van der Waals surface area contributed by atoms with Gasteiger partial charge in [-0.15, -0.1) is 0 Å². The number of likely N-dealkylation sites (tertiary alicyclic amines) is 1. The first-order valence-electron chi connectivity index (χ1n) is 9.50. The predicted molar refractivity (Wildman–Crippen MR) is 97.9 cm³/mol. The van der Waals surface area contributed by atoms with Crippen molar-refractivity contribution in [2.75, 3.05) is 39.5 Å². The van der Waals surface area contributed by atoms with Gasteiger partial charge in [0.05, 0.1) is 25.2 Å². The minimum atomic E-state index is -0.841. The monoisotopic (exact) mass is 377 g/mol. The van der Waals surface area contributed by atoms with Gasteiger partial charge in [0.15, 0.2) is 0 Å². The van der Waals surface area contributed by atoms with Crippen LogP contribution in [0, 0.1) is 11.3 Å². The third-order valence-electron chi connectivity index (χ3n) is 5.42. The number of carboxylic acid groups (broad SMARTS) is 1. The van der Waals surface area contributed by atoms with E-state index in [9.17, 15) is 14.7 Å². The number of carbonyl (C=O) groups excluding carboxylic acids is 1. The fourth-order valence-electron chi connectivity index (χ4n) is 3.86. The van der Waals surface area contributed by atoms with E-state index >= 15 is 0 Å². The molecule has 3 rings (SSSR count). The highest BCUT2D eigenvalue weighted by Crippen LogP contribution is 2.42. The molecule has 2 aliphatic rings. The van der Waals surface area contributed by atoms with Crippen molar-refractivity contribution < 1.29 is 28.9 Å². The lowest BCUT2D eigenvalue weighted by Crippen LogP contribution is -2.45. The molecule has 0 unspecified atom stereocenters. The molecular formula is C20H27NO6. The van der Waals surface area contributed by atoms with Crippen molar-refractivity contribution in [3.8, 4) is 11.5 Å². The second-order valence-corrected chi connectivity index (χ2v) is 7.11. The van der Waals surface area contributed by atoms with Crippen LogP contribution in [0.1, 0.15) is 26.2 Å². The van der Waals surface area contributed by atoms with Crippen molar-refractivity contribution in [3.05, 3.63) is 24.3 Å². The summed E-state index contributed by atoms with van der Waals surface area (Å²) in [6, 6.07) is 7.38. The standard InChI is InChI=1S/C20H27NO6/c1-2-26-16-5-7-17(8-6-16)27-10-3-4-18(22)21-12-15-13-25-11-9-20(15,14-21)19(23)24/h5-8,15H,2-4,9-14H2,1H3,(H,23,24)/t15-,20+/m0/s1. The van der Waals surface area contributed by atoms with Crippen molar-refractivity contribution in [3.63, 3.8) is 0 Å². The molecule has 2 saturated heterocycles. The molecule has 0 aliphatic carbocycles. The van der Waals surface area contributed by atoms with Crippen LogP contribution in [0.2, 0.25) is 0 Å². The summed E-state index contributed by atoms with van der Waals surface area (Å²) in [4.78, 5) is 26.0. The molecule has 0 spiro atoms. The maximum Gasteiger partial charge on any atom is 0.311 e. The first-order valence-corrected chi connectivity index (χ1v) is 9.50. The first-order chi connectivity index (χ1) is 13.0. The summed E-state index contributed by atoms with van der Waals surface area (Å²) in [7, 11) is 0. The van der Waals surface area contributed by atoms with Crippen LogP contribution in [0.25, 0.3) is 0 Å². The van der Waals surface area contributed by atoms with E-state index in [0.29, 0.717) is 52.2 Å². The molecule has 2 atom stereocenters. The van der Waals surface area contributed by atoms with Gasteiger partial charge in [-0.3, -0.25) is 9.59 Å². The van der Waals surface area contributed by atoms with Gasteiger partial charge in [0, 0.05) is 32.0 Å². The number of hydrogen-bond donors (Lipinski definition) is 1. The third kappa shape index (κ3) is 4.35. The molecule has 2 heterocycles. The van der Waals surface area contributed by atoms with Gasteiger partial charge in [-0.2, -0.15) is 0 Å². The molecule has 1 aromatic carbocycles. The zero-order valence-electron chi connectivity index (χ0n) is 15.7. The summed E-state index contributed by atoms with van der Waals surface area (Å²) in [6.07, 6.45) is 1.40. The van der Waals surface area contributed by atoms with Gasteiger partial charge in [0.1, 0.15) is 11.5 Å². The molecule has 1 aromatic rings. The quantitative estimate of drug-likeness (QED) is 0.699. The summed E-state index contributed by atoms with van der Waals surface area (Å²) < 4.78 is 16.5. The van der Waals surface area contributed by atoms with Crippen LogP contribution in [-0.4, -0.2) is 61.4 Å². The highest BCUT2D eigenvalue weighted by molar-refractivity contribution is 5.81. The summed E-state index contributed by atoms with van der Waals surface area (Å²) in [6.45, 7) is 4.60.